The van der Waals surface area contributed by atoms with Crippen molar-refractivity contribution in [2.45, 2.75) is 31.8 Å². The number of anilines is 2. The topological polar surface area (TPSA) is 70.5 Å². The normalized spacial score (nSPS) is 17.8. The van der Waals surface area contributed by atoms with Crippen LogP contribution in [0.2, 0.25) is 0 Å². The molecule has 0 amide bonds. The van der Waals surface area contributed by atoms with Gasteiger partial charge in [0.2, 0.25) is 0 Å². The number of nitrogens with zero attached hydrogens (tertiary/aromatic N) is 3. The molecule has 112 valence electrons. The van der Waals surface area contributed by atoms with Crippen molar-refractivity contribution in [3.63, 3.8) is 0 Å². The summed E-state index contributed by atoms with van der Waals surface area (Å²) in [4.78, 5) is 10.7. The predicted molar refractivity (Wildman–Crippen MR) is 79.2 cm³/mol. The first-order valence-corrected chi connectivity index (χ1v) is 7.12. The second-order valence-corrected chi connectivity index (χ2v) is 5.32. The van der Waals surface area contributed by atoms with E-state index in [1.165, 1.54) is 0 Å². The van der Waals surface area contributed by atoms with Gasteiger partial charge in [-0.1, -0.05) is 6.92 Å². The van der Waals surface area contributed by atoms with Gasteiger partial charge in [-0.15, -0.1) is 0 Å². The minimum absolute atomic E-state index is 0.559. The molecule has 1 aromatic rings. The highest BCUT2D eigenvalue weighted by Crippen LogP contribution is 2.27. The Morgan fingerprint density at radius 2 is 2.10 bits per heavy atom. The molecule has 0 atom stereocenters. The van der Waals surface area contributed by atoms with Crippen LogP contribution < -0.4 is 10.2 Å². The largest absolute Gasteiger partial charge is 0.388 e. The van der Waals surface area contributed by atoms with Crippen LogP contribution in [0.1, 0.15) is 25.3 Å². The van der Waals surface area contributed by atoms with Crippen LogP contribution in [0, 0.1) is 0 Å². The minimum Gasteiger partial charge on any atom is -0.388 e. The highest BCUT2D eigenvalue weighted by Gasteiger charge is 2.32. The number of hydrogen-bond donors (Lipinski definition) is 2. The first-order chi connectivity index (χ1) is 9.59. The quantitative estimate of drug-likeness (QED) is 0.840. The fourth-order valence-corrected chi connectivity index (χ4v) is 2.70. The molecule has 2 N–H and O–H groups in total. The molecule has 0 saturated carbocycles. The molecule has 1 aliphatic rings. The Morgan fingerprint density at radius 3 is 2.70 bits per heavy atom. The highest BCUT2D eigenvalue weighted by molar-refractivity contribution is 5.58. The summed E-state index contributed by atoms with van der Waals surface area (Å²) in [6, 6.07) is 0. The molecule has 2 rings (SSSR count). The molecule has 20 heavy (non-hydrogen) atoms. The van der Waals surface area contributed by atoms with Gasteiger partial charge in [0, 0.05) is 52.3 Å². The monoisotopic (exact) mass is 280 g/mol. The standard InChI is InChI=1S/C14H24N4O2/c1-4-11-12(15-2)16-10-17-13(11)18(3)9-14(19)5-7-20-8-6-14/h10,19H,4-9H2,1-3H3,(H,15,16,17). The van der Waals surface area contributed by atoms with Crippen LogP contribution in [-0.4, -0.2) is 54.5 Å². The van der Waals surface area contributed by atoms with Crippen LogP contribution in [-0.2, 0) is 11.2 Å². The number of rotatable bonds is 5. The van der Waals surface area contributed by atoms with Crippen molar-refractivity contribution in [3.05, 3.63) is 11.9 Å². The number of nitrogens with one attached hydrogen (secondary N) is 1. The Bertz CT molecular complexity index is 447. The van der Waals surface area contributed by atoms with E-state index in [-0.39, 0.29) is 0 Å². The van der Waals surface area contributed by atoms with Crippen LogP contribution in [0.5, 0.6) is 0 Å². The van der Waals surface area contributed by atoms with Gasteiger partial charge in [0.15, 0.2) is 0 Å². The molecular formula is C14H24N4O2. The van der Waals surface area contributed by atoms with E-state index >= 15 is 0 Å². The molecule has 6 heteroatoms. The molecule has 0 bridgehead atoms. The zero-order chi connectivity index (χ0) is 14.6. The zero-order valence-electron chi connectivity index (χ0n) is 12.5. The number of aromatic nitrogens is 2. The number of likely N-dealkylation sites (N-methyl/N-ethyl adjacent to an activating group) is 1. The van der Waals surface area contributed by atoms with E-state index in [9.17, 15) is 5.11 Å². The smallest absolute Gasteiger partial charge is 0.137 e. The van der Waals surface area contributed by atoms with Gasteiger partial charge in [-0.3, -0.25) is 0 Å². The number of ether oxygens (including phenoxy) is 1. The molecule has 1 aliphatic heterocycles. The molecule has 1 aromatic heterocycles. The van der Waals surface area contributed by atoms with Crippen molar-refractivity contribution in [3.8, 4) is 0 Å². The van der Waals surface area contributed by atoms with Crippen molar-refractivity contribution in [2.24, 2.45) is 0 Å². The van der Waals surface area contributed by atoms with E-state index in [1.807, 2.05) is 19.0 Å². The van der Waals surface area contributed by atoms with E-state index in [4.69, 9.17) is 4.74 Å². The molecule has 6 nitrogen and oxygen atoms in total. The lowest BCUT2D eigenvalue weighted by atomic mass is 9.94. The van der Waals surface area contributed by atoms with Crippen molar-refractivity contribution in [1.82, 2.24) is 9.97 Å². The number of aliphatic hydroxyl groups is 1. The van der Waals surface area contributed by atoms with Gasteiger partial charge in [-0.05, 0) is 6.42 Å². The maximum Gasteiger partial charge on any atom is 0.137 e. The maximum atomic E-state index is 10.6. The van der Waals surface area contributed by atoms with Gasteiger partial charge in [-0.2, -0.15) is 0 Å². The molecule has 0 aliphatic carbocycles. The average molecular weight is 280 g/mol. The molecule has 2 heterocycles. The third-order valence-corrected chi connectivity index (χ3v) is 3.83. The summed E-state index contributed by atoms with van der Waals surface area (Å²) in [5.41, 5.74) is 0.385. The Labute approximate surface area is 120 Å². The first-order valence-electron chi connectivity index (χ1n) is 7.12. The predicted octanol–water partition coefficient (Wildman–Crippen LogP) is 1.06. The van der Waals surface area contributed by atoms with Crippen LogP contribution in [0.3, 0.4) is 0 Å². The van der Waals surface area contributed by atoms with Crippen LogP contribution >= 0.6 is 0 Å². The Morgan fingerprint density at radius 1 is 1.40 bits per heavy atom. The van der Waals surface area contributed by atoms with E-state index in [0.29, 0.717) is 32.6 Å². The summed E-state index contributed by atoms with van der Waals surface area (Å²) in [6.45, 7) is 3.89. The minimum atomic E-state index is -0.692. The first kappa shape index (κ1) is 15.0. The second-order valence-electron chi connectivity index (χ2n) is 5.32. The molecule has 0 aromatic carbocycles. The lowest BCUT2D eigenvalue weighted by molar-refractivity contribution is -0.0573. The molecule has 0 unspecified atom stereocenters. The van der Waals surface area contributed by atoms with Crippen LogP contribution in [0.15, 0.2) is 6.33 Å². The summed E-state index contributed by atoms with van der Waals surface area (Å²) >= 11 is 0. The van der Waals surface area contributed by atoms with Crippen molar-refractivity contribution in [1.29, 1.82) is 0 Å². The summed E-state index contributed by atoms with van der Waals surface area (Å²) in [5.74, 6) is 1.73. The Balaban J connectivity index is 2.18. The highest BCUT2D eigenvalue weighted by atomic mass is 16.5. The Hall–Kier alpha value is -1.40. The van der Waals surface area contributed by atoms with Gasteiger partial charge in [0.25, 0.3) is 0 Å². The van der Waals surface area contributed by atoms with Crippen molar-refractivity contribution >= 4 is 11.6 Å². The van der Waals surface area contributed by atoms with E-state index in [2.05, 4.69) is 22.2 Å². The lowest BCUT2D eigenvalue weighted by Gasteiger charge is -2.36. The van der Waals surface area contributed by atoms with E-state index in [0.717, 1.165) is 23.6 Å². The zero-order valence-corrected chi connectivity index (χ0v) is 12.5. The van der Waals surface area contributed by atoms with Gasteiger partial charge in [0.05, 0.1) is 5.60 Å². The number of hydrogen-bond acceptors (Lipinski definition) is 6. The van der Waals surface area contributed by atoms with Crippen LogP contribution in [0.4, 0.5) is 11.6 Å². The van der Waals surface area contributed by atoms with Crippen molar-refractivity contribution < 1.29 is 9.84 Å². The van der Waals surface area contributed by atoms with E-state index in [1.54, 1.807) is 6.33 Å². The van der Waals surface area contributed by atoms with Gasteiger partial charge in [0.1, 0.15) is 18.0 Å². The average Bonchev–Trinajstić information content (AvgIpc) is 2.46. The third-order valence-electron chi connectivity index (χ3n) is 3.83. The summed E-state index contributed by atoms with van der Waals surface area (Å²) in [5, 5.41) is 13.7. The molecule has 0 radical (unpaired) electrons. The van der Waals surface area contributed by atoms with Crippen molar-refractivity contribution in [2.75, 3.05) is 44.1 Å². The Kier molecular flexibility index (Phi) is 4.77. The third kappa shape index (κ3) is 3.19. The fraction of sp³-hybridized carbons (Fsp3) is 0.714. The van der Waals surface area contributed by atoms with Gasteiger partial charge in [-0.25, -0.2) is 9.97 Å². The summed E-state index contributed by atoms with van der Waals surface area (Å²) in [6.07, 6.45) is 3.74. The molecule has 0 spiro atoms. The fourth-order valence-electron chi connectivity index (χ4n) is 2.70. The molecule has 1 saturated heterocycles. The van der Waals surface area contributed by atoms with Gasteiger partial charge >= 0.3 is 0 Å². The molecular weight excluding hydrogens is 256 g/mol. The van der Waals surface area contributed by atoms with Crippen LogP contribution in [0.25, 0.3) is 0 Å². The van der Waals surface area contributed by atoms with E-state index < -0.39 is 5.60 Å². The summed E-state index contributed by atoms with van der Waals surface area (Å²) < 4.78 is 5.32. The molecule has 1 fully saturated rings. The maximum absolute atomic E-state index is 10.6. The van der Waals surface area contributed by atoms with Gasteiger partial charge < -0.3 is 20.1 Å². The SMILES string of the molecule is CCc1c(NC)ncnc1N(C)CC1(O)CCOCC1. The second kappa shape index (κ2) is 6.37. The lowest BCUT2D eigenvalue weighted by Crippen LogP contribution is -2.46. The summed E-state index contributed by atoms with van der Waals surface area (Å²) in [7, 11) is 3.83.